The first-order chi connectivity index (χ1) is 11.2. The summed E-state index contributed by atoms with van der Waals surface area (Å²) in [6, 6.07) is 3.80. The van der Waals surface area contributed by atoms with Crippen molar-refractivity contribution >= 4 is 11.7 Å². The zero-order valence-corrected chi connectivity index (χ0v) is 13.6. The van der Waals surface area contributed by atoms with E-state index in [0.717, 1.165) is 30.7 Å². The number of aryl methyl sites for hydroxylation is 2. The van der Waals surface area contributed by atoms with Gasteiger partial charge in [0.25, 0.3) is 0 Å². The van der Waals surface area contributed by atoms with E-state index < -0.39 is 0 Å². The molecule has 2 aromatic rings. The van der Waals surface area contributed by atoms with Gasteiger partial charge in [0.05, 0.1) is 11.6 Å². The summed E-state index contributed by atoms with van der Waals surface area (Å²) in [5.41, 5.74) is 1.97. The smallest absolute Gasteiger partial charge is 0.231 e. The Balaban J connectivity index is 1.65. The normalized spacial score (nSPS) is 20.8. The Kier molecular flexibility index (Phi) is 4.76. The molecule has 2 N–H and O–H groups in total. The number of unbranched alkanes of at least 4 members (excludes halogenated alkanes) is 1. The SMILES string of the molecule is CCCCc1cc(NC(=O)[C@@H]2CCO[C@H]2c2ccnn2C)n[nH]1. The summed E-state index contributed by atoms with van der Waals surface area (Å²) < 4.78 is 7.52. The van der Waals surface area contributed by atoms with Crippen LogP contribution in [-0.2, 0) is 23.0 Å². The number of ether oxygens (including phenoxy) is 1. The molecule has 1 aliphatic heterocycles. The Bertz CT molecular complexity index is 663. The van der Waals surface area contributed by atoms with Crippen LogP contribution in [0.5, 0.6) is 0 Å². The van der Waals surface area contributed by atoms with E-state index in [1.807, 2.05) is 19.2 Å². The second-order valence-electron chi connectivity index (χ2n) is 5.94. The van der Waals surface area contributed by atoms with Crippen molar-refractivity contribution in [1.29, 1.82) is 0 Å². The molecule has 1 saturated heterocycles. The predicted octanol–water partition coefficient (Wildman–Crippen LogP) is 2.20. The molecule has 1 amide bonds. The molecule has 3 rings (SSSR count). The molecule has 2 aromatic heterocycles. The fraction of sp³-hybridized carbons (Fsp3) is 0.562. The van der Waals surface area contributed by atoms with Crippen molar-refractivity contribution in [2.45, 2.75) is 38.7 Å². The van der Waals surface area contributed by atoms with Crippen LogP contribution in [0.15, 0.2) is 18.3 Å². The molecule has 0 saturated carbocycles. The number of anilines is 1. The molecular weight excluding hydrogens is 294 g/mol. The third-order valence-electron chi connectivity index (χ3n) is 4.26. The lowest BCUT2D eigenvalue weighted by Gasteiger charge is -2.17. The Morgan fingerprint density at radius 2 is 2.43 bits per heavy atom. The van der Waals surface area contributed by atoms with E-state index in [0.29, 0.717) is 18.8 Å². The lowest BCUT2D eigenvalue weighted by molar-refractivity contribution is -0.121. The van der Waals surface area contributed by atoms with Gasteiger partial charge >= 0.3 is 0 Å². The monoisotopic (exact) mass is 317 g/mol. The number of amides is 1. The first-order valence-corrected chi connectivity index (χ1v) is 8.13. The number of carbonyl (C=O) groups is 1. The lowest BCUT2D eigenvalue weighted by atomic mass is 9.98. The molecule has 1 fully saturated rings. The van der Waals surface area contributed by atoms with Gasteiger partial charge in [-0.2, -0.15) is 10.2 Å². The summed E-state index contributed by atoms with van der Waals surface area (Å²) >= 11 is 0. The second kappa shape index (κ2) is 6.95. The Morgan fingerprint density at radius 1 is 1.57 bits per heavy atom. The van der Waals surface area contributed by atoms with Crippen LogP contribution in [0.25, 0.3) is 0 Å². The van der Waals surface area contributed by atoms with E-state index in [1.54, 1.807) is 10.9 Å². The molecule has 23 heavy (non-hydrogen) atoms. The largest absolute Gasteiger partial charge is 0.371 e. The van der Waals surface area contributed by atoms with Crippen molar-refractivity contribution in [2.24, 2.45) is 13.0 Å². The highest BCUT2D eigenvalue weighted by atomic mass is 16.5. The first kappa shape index (κ1) is 15.7. The van der Waals surface area contributed by atoms with E-state index in [2.05, 4.69) is 27.5 Å². The van der Waals surface area contributed by atoms with Gasteiger partial charge in [-0.1, -0.05) is 13.3 Å². The fourth-order valence-corrected chi connectivity index (χ4v) is 2.95. The fourth-order valence-electron chi connectivity index (χ4n) is 2.95. The van der Waals surface area contributed by atoms with Crippen molar-refractivity contribution < 1.29 is 9.53 Å². The molecule has 124 valence electrons. The first-order valence-electron chi connectivity index (χ1n) is 8.13. The van der Waals surface area contributed by atoms with Crippen LogP contribution >= 0.6 is 0 Å². The van der Waals surface area contributed by atoms with Crippen LogP contribution in [-0.4, -0.2) is 32.5 Å². The average Bonchev–Trinajstić information content (AvgIpc) is 3.25. The summed E-state index contributed by atoms with van der Waals surface area (Å²) in [7, 11) is 1.86. The minimum Gasteiger partial charge on any atom is -0.371 e. The summed E-state index contributed by atoms with van der Waals surface area (Å²) in [6.07, 6.45) is 5.36. The van der Waals surface area contributed by atoms with Gasteiger partial charge in [0, 0.05) is 31.6 Å². The van der Waals surface area contributed by atoms with Gasteiger partial charge in [-0.25, -0.2) is 0 Å². The molecular formula is C16H23N5O2. The van der Waals surface area contributed by atoms with Gasteiger partial charge in [0.15, 0.2) is 5.82 Å². The van der Waals surface area contributed by atoms with Crippen LogP contribution in [0.2, 0.25) is 0 Å². The molecule has 0 unspecified atom stereocenters. The van der Waals surface area contributed by atoms with E-state index in [-0.39, 0.29) is 17.9 Å². The van der Waals surface area contributed by atoms with E-state index >= 15 is 0 Å². The van der Waals surface area contributed by atoms with Crippen LogP contribution in [0, 0.1) is 5.92 Å². The van der Waals surface area contributed by atoms with E-state index in [1.165, 1.54) is 0 Å². The maximum absolute atomic E-state index is 12.6. The number of H-pyrrole nitrogens is 1. The number of rotatable bonds is 6. The van der Waals surface area contributed by atoms with E-state index in [4.69, 9.17) is 4.74 Å². The molecule has 1 aliphatic rings. The zero-order chi connectivity index (χ0) is 16.2. The quantitative estimate of drug-likeness (QED) is 0.855. The van der Waals surface area contributed by atoms with Gasteiger partial charge in [-0.05, 0) is 25.3 Å². The topological polar surface area (TPSA) is 84.8 Å². The molecule has 7 heteroatoms. The maximum atomic E-state index is 12.6. The zero-order valence-electron chi connectivity index (χ0n) is 13.6. The van der Waals surface area contributed by atoms with Crippen LogP contribution in [0.3, 0.4) is 0 Å². The van der Waals surface area contributed by atoms with Crippen molar-refractivity contribution in [1.82, 2.24) is 20.0 Å². The van der Waals surface area contributed by atoms with Gasteiger partial charge in [0.2, 0.25) is 5.91 Å². The van der Waals surface area contributed by atoms with Gasteiger partial charge < -0.3 is 10.1 Å². The predicted molar refractivity (Wildman–Crippen MR) is 85.8 cm³/mol. The number of nitrogens with zero attached hydrogens (tertiary/aromatic N) is 3. The Labute approximate surface area is 135 Å². The molecule has 0 aliphatic carbocycles. The van der Waals surface area contributed by atoms with Gasteiger partial charge in [-0.3, -0.25) is 14.6 Å². The molecule has 2 atom stereocenters. The van der Waals surface area contributed by atoms with Gasteiger partial charge in [0.1, 0.15) is 6.10 Å². The Hall–Kier alpha value is -2.15. The standard InChI is InChI=1S/C16H23N5O2/c1-3-4-5-11-10-14(20-19-11)18-16(22)12-7-9-23-15(12)13-6-8-17-21(13)2/h6,8,10,12,15H,3-5,7,9H2,1-2H3,(H2,18,19,20,22)/t12-,15-/m1/s1. The number of hydrogen-bond donors (Lipinski definition) is 2. The van der Waals surface area contributed by atoms with Crippen LogP contribution < -0.4 is 5.32 Å². The summed E-state index contributed by atoms with van der Waals surface area (Å²) in [6.45, 7) is 2.73. The summed E-state index contributed by atoms with van der Waals surface area (Å²) in [5.74, 6) is 0.306. The highest BCUT2D eigenvalue weighted by molar-refractivity contribution is 5.92. The molecule has 0 aromatic carbocycles. The van der Waals surface area contributed by atoms with Crippen LogP contribution in [0.1, 0.15) is 43.7 Å². The minimum atomic E-state index is -0.249. The average molecular weight is 317 g/mol. The Morgan fingerprint density at radius 3 is 3.17 bits per heavy atom. The molecule has 0 radical (unpaired) electrons. The van der Waals surface area contributed by atoms with Gasteiger partial charge in [-0.15, -0.1) is 0 Å². The summed E-state index contributed by atoms with van der Waals surface area (Å²) in [5, 5.41) is 14.2. The van der Waals surface area contributed by atoms with E-state index in [9.17, 15) is 4.79 Å². The lowest BCUT2D eigenvalue weighted by Crippen LogP contribution is -2.26. The van der Waals surface area contributed by atoms with Crippen molar-refractivity contribution in [3.63, 3.8) is 0 Å². The number of aromatic amines is 1. The van der Waals surface area contributed by atoms with Crippen LogP contribution in [0.4, 0.5) is 5.82 Å². The minimum absolute atomic E-state index is 0.0535. The number of aromatic nitrogens is 4. The third kappa shape index (κ3) is 3.44. The van der Waals surface area contributed by atoms with Crippen molar-refractivity contribution in [3.8, 4) is 0 Å². The highest BCUT2D eigenvalue weighted by Gasteiger charge is 2.37. The number of nitrogens with one attached hydrogen (secondary N) is 2. The third-order valence-corrected chi connectivity index (χ3v) is 4.26. The van der Waals surface area contributed by atoms with Crippen molar-refractivity contribution in [3.05, 3.63) is 29.7 Å². The number of carbonyl (C=O) groups excluding carboxylic acids is 1. The van der Waals surface area contributed by atoms with Crippen molar-refractivity contribution in [2.75, 3.05) is 11.9 Å². The highest BCUT2D eigenvalue weighted by Crippen LogP contribution is 2.34. The molecule has 0 bridgehead atoms. The molecule has 7 nitrogen and oxygen atoms in total. The maximum Gasteiger partial charge on any atom is 0.231 e. The number of hydrogen-bond acceptors (Lipinski definition) is 4. The molecule has 3 heterocycles. The molecule has 0 spiro atoms. The second-order valence-corrected chi connectivity index (χ2v) is 5.94. The summed E-state index contributed by atoms with van der Waals surface area (Å²) in [4.78, 5) is 12.6.